The van der Waals surface area contributed by atoms with Crippen molar-refractivity contribution in [2.24, 2.45) is 7.05 Å². The Balaban J connectivity index is 1.59. The highest BCUT2D eigenvalue weighted by Gasteiger charge is 2.19. The molecule has 2 amide bonds. The lowest BCUT2D eigenvalue weighted by Gasteiger charge is -2.14. The fourth-order valence-electron chi connectivity index (χ4n) is 3.01. The zero-order valence-corrected chi connectivity index (χ0v) is 19.8. The average Bonchev–Trinajstić information content (AvgIpc) is 3.13. The van der Waals surface area contributed by atoms with E-state index in [2.05, 4.69) is 20.8 Å². The van der Waals surface area contributed by atoms with Crippen molar-refractivity contribution >= 4 is 40.9 Å². The van der Waals surface area contributed by atoms with Gasteiger partial charge in [-0.25, -0.2) is 0 Å². The minimum Gasteiger partial charge on any atom is -0.495 e. The van der Waals surface area contributed by atoms with E-state index in [1.165, 1.54) is 11.8 Å². The number of benzene rings is 2. The molecule has 0 saturated heterocycles. The Labute approximate surface area is 195 Å². The number of carbonyl (C=O) groups excluding carboxylic acids is 2. The Kier molecular flexibility index (Phi) is 7.76. The minimum absolute atomic E-state index is 0.147. The van der Waals surface area contributed by atoms with E-state index in [0.717, 1.165) is 5.56 Å². The predicted octanol–water partition coefficient (Wildman–Crippen LogP) is 4.01. The molecule has 0 aliphatic heterocycles. The molecule has 32 heavy (non-hydrogen) atoms. The second-order valence-electron chi connectivity index (χ2n) is 7.14. The quantitative estimate of drug-likeness (QED) is 0.480. The largest absolute Gasteiger partial charge is 0.495 e. The van der Waals surface area contributed by atoms with E-state index in [1.54, 1.807) is 43.0 Å². The smallest absolute Gasteiger partial charge is 0.251 e. The molecule has 0 bridgehead atoms. The standard InChI is InChI=1S/C22H24ClN5O3S/c1-13-5-10-18(31-4)17(11-13)25-19(29)12-32-22-27-26-20(28(22)3)14(2)24-21(30)15-6-8-16(23)9-7-15/h5-11,14H,12H2,1-4H3,(H,24,30)(H,25,29). The van der Waals surface area contributed by atoms with Gasteiger partial charge in [-0.2, -0.15) is 0 Å². The summed E-state index contributed by atoms with van der Waals surface area (Å²) in [6, 6.07) is 11.8. The van der Waals surface area contributed by atoms with Gasteiger partial charge in [-0.05, 0) is 55.8 Å². The van der Waals surface area contributed by atoms with Crippen LogP contribution >= 0.6 is 23.4 Å². The maximum atomic E-state index is 12.4. The van der Waals surface area contributed by atoms with Gasteiger partial charge in [0.25, 0.3) is 5.91 Å². The van der Waals surface area contributed by atoms with Gasteiger partial charge in [0.05, 0.1) is 24.6 Å². The Morgan fingerprint density at radius 2 is 1.91 bits per heavy atom. The van der Waals surface area contributed by atoms with Gasteiger partial charge in [-0.3, -0.25) is 9.59 Å². The second kappa shape index (κ2) is 10.5. The highest BCUT2D eigenvalue weighted by Crippen LogP contribution is 2.26. The van der Waals surface area contributed by atoms with Crippen molar-refractivity contribution in [1.82, 2.24) is 20.1 Å². The van der Waals surface area contributed by atoms with Crippen molar-refractivity contribution in [1.29, 1.82) is 0 Å². The van der Waals surface area contributed by atoms with Crippen molar-refractivity contribution in [3.63, 3.8) is 0 Å². The third-order valence-electron chi connectivity index (χ3n) is 4.67. The maximum absolute atomic E-state index is 12.4. The highest BCUT2D eigenvalue weighted by atomic mass is 35.5. The number of rotatable bonds is 8. The first-order valence-corrected chi connectivity index (χ1v) is 11.2. The molecule has 0 saturated carbocycles. The summed E-state index contributed by atoms with van der Waals surface area (Å²) in [4.78, 5) is 24.9. The molecule has 2 aromatic carbocycles. The first-order chi connectivity index (χ1) is 15.3. The summed E-state index contributed by atoms with van der Waals surface area (Å²) < 4.78 is 7.06. The molecule has 0 aliphatic carbocycles. The van der Waals surface area contributed by atoms with Gasteiger partial charge in [0.2, 0.25) is 5.91 Å². The number of anilines is 1. The van der Waals surface area contributed by atoms with Crippen molar-refractivity contribution in [3.05, 3.63) is 64.4 Å². The molecule has 0 aliphatic rings. The lowest BCUT2D eigenvalue weighted by atomic mass is 10.2. The van der Waals surface area contributed by atoms with Crippen LogP contribution in [0.1, 0.15) is 34.7 Å². The molecule has 1 aromatic heterocycles. The first kappa shape index (κ1) is 23.6. The number of hydrogen-bond acceptors (Lipinski definition) is 6. The number of aryl methyl sites for hydroxylation is 1. The molecule has 3 aromatic rings. The first-order valence-electron chi connectivity index (χ1n) is 9.81. The van der Waals surface area contributed by atoms with Crippen molar-refractivity contribution in [2.45, 2.75) is 25.0 Å². The number of nitrogens with zero attached hydrogens (tertiary/aromatic N) is 3. The van der Waals surface area contributed by atoms with Crippen molar-refractivity contribution in [2.75, 3.05) is 18.2 Å². The molecular weight excluding hydrogens is 450 g/mol. The Hall–Kier alpha value is -3.04. The molecule has 3 rings (SSSR count). The molecule has 0 spiro atoms. The van der Waals surface area contributed by atoms with Crippen LogP contribution in [0.25, 0.3) is 0 Å². The second-order valence-corrected chi connectivity index (χ2v) is 8.52. The summed E-state index contributed by atoms with van der Waals surface area (Å²) in [7, 11) is 3.35. The highest BCUT2D eigenvalue weighted by molar-refractivity contribution is 7.99. The fraction of sp³-hybridized carbons (Fsp3) is 0.273. The number of nitrogens with one attached hydrogen (secondary N) is 2. The number of aromatic nitrogens is 3. The SMILES string of the molecule is COc1ccc(C)cc1NC(=O)CSc1nnc(C(C)NC(=O)c2ccc(Cl)cc2)n1C. The molecule has 0 radical (unpaired) electrons. The average molecular weight is 474 g/mol. The number of hydrogen-bond donors (Lipinski definition) is 2. The van der Waals surface area contributed by atoms with Gasteiger partial charge in [0.15, 0.2) is 11.0 Å². The van der Waals surface area contributed by atoms with Gasteiger partial charge in [-0.1, -0.05) is 29.4 Å². The zero-order chi connectivity index (χ0) is 23.3. The summed E-state index contributed by atoms with van der Waals surface area (Å²) in [5.74, 6) is 0.898. The Morgan fingerprint density at radius 1 is 1.19 bits per heavy atom. The zero-order valence-electron chi connectivity index (χ0n) is 18.2. The van der Waals surface area contributed by atoms with Crippen LogP contribution in [0.5, 0.6) is 5.75 Å². The molecular formula is C22H24ClN5O3S. The number of thioether (sulfide) groups is 1. The van der Waals surface area contributed by atoms with E-state index in [-0.39, 0.29) is 23.6 Å². The van der Waals surface area contributed by atoms with E-state index >= 15 is 0 Å². The van der Waals surface area contributed by atoms with Crippen molar-refractivity contribution < 1.29 is 14.3 Å². The van der Waals surface area contributed by atoms with Crippen LogP contribution in [0.4, 0.5) is 5.69 Å². The van der Waals surface area contributed by atoms with Crippen LogP contribution in [0.15, 0.2) is 47.6 Å². The number of amides is 2. The molecule has 1 atom stereocenters. The Bertz CT molecular complexity index is 1120. The van der Waals surface area contributed by atoms with Gasteiger partial charge >= 0.3 is 0 Å². The topological polar surface area (TPSA) is 98.1 Å². The van der Waals surface area contributed by atoms with Crippen molar-refractivity contribution in [3.8, 4) is 5.75 Å². The van der Waals surface area contributed by atoms with Gasteiger partial charge in [0.1, 0.15) is 5.75 Å². The number of ether oxygens (including phenoxy) is 1. The van der Waals surface area contributed by atoms with Crippen LogP contribution < -0.4 is 15.4 Å². The molecule has 168 valence electrons. The summed E-state index contributed by atoms with van der Waals surface area (Å²) >= 11 is 7.13. The molecule has 1 unspecified atom stereocenters. The molecule has 1 heterocycles. The van der Waals surface area contributed by atoms with E-state index in [0.29, 0.717) is 33.0 Å². The summed E-state index contributed by atoms with van der Waals surface area (Å²) in [6.45, 7) is 3.76. The fourth-order valence-corrected chi connectivity index (χ4v) is 3.85. The van der Waals surface area contributed by atoms with E-state index in [9.17, 15) is 9.59 Å². The van der Waals surface area contributed by atoms with E-state index < -0.39 is 0 Å². The summed E-state index contributed by atoms with van der Waals surface area (Å²) in [5, 5.41) is 15.2. The van der Waals surface area contributed by atoms with Gasteiger partial charge < -0.3 is 19.9 Å². The predicted molar refractivity (Wildman–Crippen MR) is 125 cm³/mol. The molecule has 10 heteroatoms. The lowest BCUT2D eigenvalue weighted by molar-refractivity contribution is -0.113. The monoisotopic (exact) mass is 473 g/mol. The number of halogens is 1. The van der Waals surface area contributed by atoms with Crippen LogP contribution in [-0.2, 0) is 11.8 Å². The van der Waals surface area contributed by atoms with Crippen LogP contribution in [0, 0.1) is 6.92 Å². The maximum Gasteiger partial charge on any atom is 0.251 e. The van der Waals surface area contributed by atoms with Gasteiger partial charge in [0, 0.05) is 17.6 Å². The summed E-state index contributed by atoms with van der Waals surface area (Å²) in [6.07, 6.45) is 0. The Morgan fingerprint density at radius 3 is 2.59 bits per heavy atom. The van der Waals surface area contributed by atoms with Crippen LogP contribution in [0.3, 0.4) is 0 Å². The number of carbonyl (C=O) groups is 2. The van der Waals surface area contributed by atoms with E-state index in [1.807, 2.05) is 32.0 Å². The minimum atomic E-state index is -0.379. The van der Waals surface area contributed by atoms with Crippen LogP contribution in [-0.4, -0.2) is 39.4 Å². The molecule has 0 fully saturated rings. The molecule has 8 nitrogen and oxygen atoms in total. The third-order valence-corrected chi connectivity index (χ3v) is 5.94. The van der Waals surface area contributed by atoms with Gasteiger partial charge in [-0.15, -0.1) is 10.2 Å². The van der Waals surface area contributed by atoms with E-state index in [4.69, 9.17) is 16.3 Å². The normalized spacial score (nSPS) is 11.7. The lowest BCUT2D eigenvalue weighted by Crippen LogP contribution is -2.28. The molecule has 2 N–H and O–H groups in total. The number of methoxy groups -OCH3 is 1. The van der Waals surface area contributed by atoms with Crippen LogP contribution in [0.2, 0.25) is 5.02 Å². The summed E-state index contributed by atoms with van der Waals surface area (Å²) in [5.41, 5.74) is 2.14. The third kappa shape index (κ3) is 5.80.